The lowest BCUT2D eigenvalue weighted by Crippen LogP contribution is -1.98. The molecule has 1 saturated carbocycles. The van der Waals surface area contributed by atoms with Gasteiger partial charge in [0.25, 0.3) is 0 Å². The molecule has 2 aliphatic rings. The second-order valence-electron chi connectivity index (χ2n) is 6.47. The molecule has 1 atom stereocenters. The molecule has 2 heteroatoms. The molecule has 4 rings (SSSR count). The Bertz CT molecular complexity index is 550. The van der Waals surface area contributed by atoms with Gasteiger partial charge >= 0.3 is 0 Å². The van der Waals surface area contributed by atoms with E-state index in [1.807, 2.05) is 0 Å². The molecule has 1 heterocycles. The predicted octanol–water partition coefficient (Wildman–Crippen LogP) is 4.47. The first kappa shape index (κ1) is 13.8. The van der Waals surface area contributed by atoms with Crippen LogP contribution in [0.15, 0.2) is 48.5 Å². The number of aryl methyl sites for hydroxylation is 1. The van der Waals surface area contributed by atoms with E-state index >= 15 is 0 Å². The second kappa shape index (κ2) is 6.13. The fraction of sp³-hybridized carbons (Fsp3) is 0.400. The number of ether oxygens (including phenoxy) is 2. The molecule has 0 spiro atoms. The van der Waals surface area contributed by atoms with Gasteiger partial charge in [0.1, 0.15) is 5.75 Å². The van der Waals surface area contributed by atoms with Crippen LogP contribution in [0, 0.1) is 5.92 Å². The zero-order chi connectivity index (χ0) is 14.8. The summed E-state index contributed by atoms with van der Waals surface area (Å²) in [6, 6.07) is 17.3. The van der Waals surface area contributed by atoms with Crippen LogP contribution in [-0.4, -0.2) is 19.3 Å². The van der Waals surface area contributed by atoms with Crippen molar-refractivity contribution in [3.05, 3.63) is 54.1 Å². The van der Waals surface area contributed by atoms with Gasteiger partial charge in [-0.15, -0.1) is 0 Å². The summed E-state index contributed by atoms with van der Waals surface area (Å²) in [7, 11) is 0. The molecule has 2 nitrogen and oxygen atoms in total. The summed E-state index contributed by atoms with van der Waals surface area (Å²) in [4.78, 5) is 0. The van der Waals surface area contributed by atoms with Gasteiger partial charge in [0.2, 0.25) is 0 Å². The van der Waals surface area contributed by atoms with Gasteiger partial charge in [-0.1, -0.05) is 36.4 Å². The largest absolute Gasteiger partial charge is 0.493 e. The van der Waals surface area contributed by atoms with E-state index in [2.05, 4.69) is 48.5 Å². The van der Waals surface area contributed by atoms with Gasteiger partial charge in [-0.05, 0) is 60.4 Å². The summed E-state index contributed by atoms with van der Waals surface area (Å²) in [5.74, 6) is 1.78. The monoisotopic (exact) mass is 294 g/mol. The Morgan fingerprint density at radius 1 is 0.909 bits per heavy atom. The van der Waals surface area contributed by atoms with Crippen LogP contribution in [0.3, 0.4) is 0 Å². The van der Waals surface area contributed by atoms with E-state index in [9.17, 15) is 0 Å². The van der Waals surface area contributed by atoms with Gasteiger partial charge in [-0.25, -0.2) is 0 Å². The molecule has 1 aliphatic carbocycles. The van der Waals surface area contributed by atoms with Gasteiger partial charge in [-0.2, -0.15) is 0 Å². The Morgan fingerprint density at radius 3 is 2.14 bits per heavy atom. The van der Waals surface area contributed by atoms with E-state index in [1.165, 1.54) is 29.5 Å². The lowest BCUT2D eigenvalue weighted by molar-refractivity contribution is 0.300. The highest BCUT2D eigenvalue weighted by Crippen LogP contribution is 2.30. The smallest absolute Gasteiger partial charge is 0.119 e. The summed E-state index contributed by atoms with van der Waals surface area (Å²) in [6.07, 6.45) is 5.43. The van der Waals surface area contributed by atoms with Crippen LogP contribution >= 0.6 is 0 Å². The zero-order valence-corrected chi connectivity index (χ0v) is 12.8. The lowest BCUT2D eigenvalue weighted by Gasteiger charge is -2.07. The molecule has 0 radical (unpaired) electrons. The van der Waals surface area contributed by atoms with E-state index < -0.39 is 0 Å². The summed E-state index contributed by atoms with van der Waals surface area (Å²) >= 11 is 0. The summed E-state index contributed by atoms with van der Waals surface area (Å²) in [6.45, 7) is 1.83. The average Bonchev–Trinajstić information content (AvgIpc) is 3.47. The third-order valence-corrected chi connectivity index (χ3v) is 4.48. The van der Waals surface area contributed by atoms with Crippen molar-refractivity contribution in [2.75, 3.05) is 13.2 Å². The highest BCUT2D eigenvalue weighted by molar-refractivity contribution is 5.64. The van der Waals surface area contributed by atoms with Crippen LogP contribution in [0.1, 0.15) is 24.8 Å². The van der Waals surface area contributed by atoms with Crippen molar-refractivity contribution in [2.45, 2.75) is 31.8 Å². The molecule has 114 valence electrons. The molecule has 0 amide bonds. The van der Waals surface area contributed by atoms with E-state index in [0.29, 0.717) is 6.10 Å². The maximum atomic E-state index is 5.79. The SMILES string of the molecule is c1cc(-c2ccc(OCC3CC3)cc2)ccc1CCC1CO1. The summed E-state index contributed by atoms with van der Waals surface area (Å²) in [5, 5.41) is 0. The minimum Gasteiger partial charge on any atom is -0.493 e. The Balaban J connectivity index is 1.37. The normalized spacial score (nSPS) is 19.9. The molecule has 2 aromatic carbocycles. The predicted molar refractivity (Wildman–Crippen MR) is 88.2 cm³/mol. The second-order valence-corrected chi connectivity index (χ2v) is 6.47. The van der Waals surface area contributed by atoms with Crippen LogP contribution in [0.4, 0.5) is 0 Å². The van der Waals surface area contributed by atoms with Crippen molar-refractivity contribution < 1.29 is 9.47 Å². The molecule has 0 bridgehead atoms. The third kappa shape index (κ3) is 3.69. The molecule has 1 saturated heterocycles. The highest BCUT2D eigenvalue weighted by atomic mass is 16.6. The number of benzene rings is 2. The topological polar surface area (TPSA) is 21.8 Å². The van der Waals surface area contributed by atoms with Gasteiger partial charge in [0.15, 0.2) is 0 Å². The Labute approximate surface area is 132 Å². The molecule has 0 aromatic heterocycles. The fourth-order valence-corrected chi connectivity index (χ4v) is 2.67. The van der Waals surface area contributed by atoms with Crippen LogP contribution < -0.4 is 4.74 Å². The molecule has 2 aromatic rings. The van der Waals surface area contributed by atoms with Crippen LogP contribution in [0.2, 0.25) is 0 Å². The van der Waals surface area contributed by atoms with E-state index in [4.69, 9.17) is 9.47 Å². The first-order chi connectivity index (χ1) is 10.9. The first-order valence-electron chi connectivity index (χ1n) is 8.30. The maximum absolute atomic E-state index is 5.79. The third-order valence-electron chi connectivity index (χ3n) is 4.48. The number of rotatable bonds is 7. The fourth-order valence-electron chi connectivity index (χ4n) is 2.67. The van der Waals surface area contributed by atoms with Gasteiger partial charge in [-0.3, -0.25) is 0 Å². The average molecular weight is 294 g/mol. The van der Waals surface area contributed by atoms with Gasteiger partial charge < -0.3 is 9.47 Å². The molecular weight excluding hydrogens is 272 g/mol. The van der Waals surface area contributed by atoms with Crippen LogP contribution in [0.25, 0.3) is 11.1 Å². The number of hydrogen-bond donors (Lipinski definition) is 0. The molecule has 0 N–H and O–H groups in total. The lowest BCUT2D eigenvalue weighted by atomic mass is 10.0. The summed E-state index contributed by atoms with van der Waals surface area (Å²) in [5.41, 5.74) is 3.90. The van der Waals surface area contributed by atoms with E-state index in [0.717, 1.165) is 37.7 Å². The minimum atomic E-state index is 0.517. The van der Waals surface area contributed by atoms with Crippen molar-refractivity contribution >= 4 is 0 Å². The van der Waals surface area contributed by atoms with Gasteiger partial charge in [0.05, 0.1) is 19.3 Å². The van der Waals surface area contributed by atoms with E-state index in [-0.39, 0.29) is 0 Å². The molecular formula is C20H22O2. The van der Waals surface area contributed by atoms with Gasteiger partial charge in [0, 0.05) is 0 Å². The summed E-state index contributed by atoms with van der Waals surface area (Å²) < 4.78 is 11.0. The highest BCUT2D eigenvalue weighted by Gasteiger charge is 2.22. The van der Waals surface area contributed by atoms with Crippen molar-refractivity contribution in [1.29, 1.82) is 0 Å². The first-order valence-corrected chi connectivity index (χ1v) is 8.30. The van der Waals surface area contributed by atoms with Crippen LogP contribution in [-0.2, 0) is 11.2 Å². The Kier molecular flexibility index (Phi) is 3.86. The number of hydrogen-bond acceptors (Lipinski definition) is 2. The van der Waals surface area contributed by atoms with E-state index in [1.54, 1.807) is 0 Å². The minimum absolute atomic E-state index is 0.517. The van der Waals surface area contributed by atoms with Crippen molar-refractivity contribution in [2.24, 2.45) is 5.92 Å². The van der Waals surface area contributed by atoms with Crippen molar-refractivity contribution in [3.8, 4) is 16.9 Å². The quantitative estimate of drug-likeness (QED) is 0.703. The molecule has 1 aliphatic heterocycles. The Morgan fingerprint density at radius 2 is 1.55 bits per heavy atom. The molecule has 1 unspecified atom stereocenters. The van der Waals surface area contributed by atoms with Crippen molar-refractivity contribution in [1.82, 2.24) is 0 Å². The van der Waals surface area contributed by atoms with Crippen molar-refractivity contribution in [3.63, 3.8) is 0 Å². The number of epoxide rings is 1. The Hall–Kier alpha value is -1.80. The molecule has 22 heavy (non-hydrogen) atoms. The zero-order valence-electron chi connectivity index (χ0n) is 12.8. The van der Waals surface area contributed by atoms with Crippen LogP contribution in [0.5, 0.6) is 5.75 Å². The molecule has 2 fully saturated rings. The standard InChI is InChI=1S/C20H22O2/c1-2-16(1)13-21-19-11-8-18(9-12-19)17-6-3-15(4-7-17)5-10-20-14-22-20/h3-4,6-9,11-12,16,20H,1-2,5,10,13-14H2. The maximum Gasteiger partial charge on any atom is 0.119 e.